The first-order chi connectivity index (χ1) is 3.18. The van der Waals surface area contributed by atoms with E-state index in [2.05, 4.69) is 20.4 Å². The smallest absolute Gasteiger partial charge is 0.0237 e. The van der Waals surface area contributed by atoms with Crippen molar-refractivity contribution in [3.63, 3.8) is 0 Å². The Kier molecular flexibility index (Phi) is 2.73. The van der Waals surface area contributed by atoms with Gasteiger partial charge < -0.3 is 0 Å². The Morgan fingerprint density at radius 3 is 2.14 bits per heavy atom. The Hall–Kier alpha value is -0.260. The van der Waals surface area contributed by atoms with E-state index in [-0.39, 0.29) is 0 Å². The van der Waals surface area contributed by atoms with Crippen LogP contribution in [-0.4, -0.2) is 0 Å². The molecular weight excluding hydrogens is 84.1 g/mol. The molecule has 0 spiro atoms. The summed E-state index contributed by atoms with van der Waals surface area (Å²) in [6, 6.07) is 0. The Morgan fingerprint density at radius 1 is 1.71 bits per heavy atom. The van der Waals surface area contributed by atoms with Crippen molar-refractivity contribution >= 4 is 0 Å². The van der Waals surface area contributed by atoms with Crippen LogP contribution in [0.3, 0.4) is 0 Å². The fourth-order valence-corrected chi connectivity index (χ4v) is 0.246. The number of hydrogen-bond donors (Lipinski definition) is 0. The highest BCUT2D eigenvalue weighted by Crippen LogP contribution is 2.08. The van der Waals surface area contributed by atoms with Crippen LogP contribution in [0.25, 0.3) is 0 Å². The van der Waals surface area contributed by atoms with Crippen molar-refractivity contribution in [3.05, 3.63) is 19.1 Å². The largest absolute Gasteiger partial charge is 0.0999 e. The van der Waals surface area contributed by atoms with Gasteiger partial charge in [0.05, 0.1) is 0 Å². The van der Waals surface area contributed by atoms with Gasteiger partial charge in [0, 0.05) is 0 Å². The molecular formula is C7H13. The fourth-order valence-electron chi connectivity index (χ4n) is 0.246. The van der Waals surface area contributed by atoms with E-state index in [0.717, 1.165) is 6.42 Å². The van der Waals surface area contributed by atoms with E-state index in [1.807, 2.05) is 6.92 Å². The molecule has 0 aliphatic carbocycles. The summed E-state index contributed by atoms with van der Waals surface area (Å²) in [7, 11) is 0. The van der Waals surface area contributed by atoms with Crippen LogP contribution in [0.2, 0.25) is 0 Å². The van der Waals surface area contributed by atoms with Gasteiger partial charge in [-0.15, -0.1) is 0 Å². The standard InChI is InChI=1S/C7H13/c1-5-7(4)6(2)3/h7H,1-2,5H2,3-4H3. The van der Waals surface area contributed by atoms with Crippen molar-refractivity contribution in [2.75, 3.05) is 0 Å². The van der Waals surface area contributed by atoms with Gasteiger partial charge in [-0.25, -0.2) is 0 Å². The van der Waals surface area contributed by atoms with Crippen molar-refractivity contribution in [2.24, 2.45) is 5.92 Å². The zero-order valence-electron chi connectivity index (χ0n) is 5.20. The Bertz CT molecular complexity index is 62.4. The van der Waals surface area contributed by atoms with Gasteiger partial charge in [0.2, 0.25) is 0 Å². The fraction of sp³-hybridized carbons (Fsp3) is 0.571. The monoisotopic (exact) mass is 97.1 g/mol. The summed E-state index contributed by atoms with van der Waals surface area (Å²) in [5, 5.41) is 0. The SMILES string of the molecule is [CH2]CC(C)C(=C)C. The number of allylic oxidation sites excluding steroid dienone is 1. The molecule has 0 rings (SSSR count). The lowest BCUT2D eigenvalue weighted by Gasteiger charge is -2.04. The highest BCUT2D eigenvalue weighted by Gasteiger charge is 1.94. The van der Waals surface area contributed by atoms with Gasteiger partial charge in [0.15, 0.2) is 0 Å². The van der Waals surface area contributed by atoms with Gasteiger partial charge in [-0.2, -0.15) is 0 Å². The predicted octanol–water partition coefficient (Wildman–Crippen LogP) is 2.42. The minimum Gasteiger partial charge on any atom is -0.0999 e. The lowest BCUT2D eigenvalue weighted by molar-refractivity contribution is 0.696. The molecule has 0 aromatic rings. The van der Waals surface area contributed by atoms with Crippen LogP contribution >= 0.6 is 0 Å². The van der Waals surface area contributed by atoms with Crippen molar-refractivity contribution in [3.8, 4) is 0 Å². The number of hydrogen-bond acceptors (Lipinski definition) is 0. The summed E-state index contributed by atoms with van der Waals surface area (Å²) >= 11 is 0. The van der Waals surface area contributed by atoms with Crippen LogP contribution in [0.4, 0.5) is 0 Å². The molecule has 0 aromatic carbocycles. The molecule has 41 valence electrons. The summed E-state index contributed by atoms with van der Waals surface area (Å²) in [5.41, 5.74) is 1.23. The minimum absolute atomic E-state index is 0.597. The summed E-state index contributed by atoms with van der Waals surface area (Å²) in [5.74, 6) is 0.597. The third-order valence-corrected chi connectivity index (χ3v) is 1.27. The lowest BCUT2D eigenvalue weighted by atomic mass is 10.0. The van der Waals surface area contributed by atoms with Gasteiger partial charge in [0.1, 0.15) is 0 Å². The van der Waals surface area contributed by atoms with Crippen LogP contribution in [0.5, 0.6) is 0 Å². The van der Waals surface area contributed by atoms with Crippen molar-refractivity contribution in [1.29, 1.82) is 0 Å². The maximum Gasteiger partial charge on any atom is -0.0237 e. The highest BCUT2D eigenvalue weighted by atomic mass is 14.0. The average molecular weight is 97.2 g/mol. The summed E-state index contributed by atoms with van der Waals surface area (Å²) < 4.78 is 0. The molecule has 0 heterocycles. The molecule has 0 N–H and O–H groups in total. The maximum atomic E-state index is 3.79. The van der Waals surface area contributed by atoms with Crippen molar-refractivity contribution < 1.29 is 0 Å². The Morgan fingerprint density at radius 2 is 2.14 bits per heavy atom. The third-order valence-electron chi connectivity index (χ3n) is 1.27. The molecule has 0 aliphatic heterocycles. The molecule has 1 unspecified atom stereocenters. The molecule has 0 saturated carbocycles. The zero-order chi connectivity index (χ0) is 5.86. The van der Waals surface area contributed by atoms with Crippen LogP contribution in [-0.2, 0) is 0 Å². The maximum absolute atomic E-state index is 3.79. The van der Waals surface area contributed by atoms with E-state index in [0.29, 0.717) is 5.92 Å². The number of rotatable bonds is 2. The molecule has 7 heavy (non-hydrogen) atoms. The van der Waals surface area contributed by atoms with Crippen molar-refractivity contribution in [2.45, 2.75) is 20.3 Å². The highest BCUT2D eigenvalue weighted by molar-refractivity contribution is 4.93. The molecule has 0 heteroatoms. The normalized spacial score (nSPS) is 13.6. The van der Waals surface area contributed by atoms with Gasteiger partial charge >= 0.3 is 0 Å². The first-order valence-electron chi connectivity index (χ1n) is 2.63. The van der Waals surface area contributed by atoms with E-state index < -0.39 is 0 Å². The second-order valence-corrected chi connectivity index (χ2v) is 2.04. The second kappa shape index (κ2) is 2.84. The third kappa shape index (κ3) is 2.44. The van der Waals surface area contributed by atoms with Crippen LogP contribution < -0.4 is 0 Å². The first-order valence-corrected chi connectivity index (χ1v) is 2.63. The topological polar surface area (TPSA) is 0 Å². The quantitative estimate of drug-likeness (QED) is 0.464. The zero-order valence-corrected chi connectivity index (χ0v) is 5.20. The summed E-state index contributed by atoms with van der Waals surface area (Å²) in [6.45, 7) is 11.7. The van der Waals surface area contributed by atoms with Gasteiger partial charge in [-0.1, -0.05) is 26.0 Å². The van der Waals surface area contributed by atoms with E-state index >= 15 is 0 Å². The molecule has 0 saturated heterocycles. The predicted molar refractivity (Wildman–Crippen MR) is 34.0 cm³/mol. The van der Waals surface area contributed by atoms with Crippen LogP contribution in [0, 0.1) is 12.8 Å². The molecule has 0 nitrogen and oxygen atoms in total. The van der Waals surface area contributed by atoms with E-state index in [1.54, 1.807) is 0 Å². The molecule has 0 amide bonds. The van der Waals surface area contributed by atoms with Crippen molar-refractivity contribution in [1.82, 2.24) is 0 Å². The molecule has 1 radical (unpaired) electrons. The Labute approximate surface area is 46.2 Å². The summed E-state index contributed by atoms with van der Waals surface area (Å²) in [6.07, 6.45) is 0.968. The summed E-state index contributed by atoms with van der Waals surface area (Å²) in [4.78, 5) is 0. The molecule has 0 bridgehead atoms. The van der Waals surface area contributed by atoms with Crippen LogP contribution in [0.1, 0.15) is 20.3 Å². The van der Waals surface area contributed by atoms with Gasteiger partial charge in [0.25, 0.3) is 0 Å². The van der Waals surface area contributed by atoms with Gasteiger partial charge in [-0.05, 0) is 19.3 Å². The van der Waals surface area contributed by atoms with Crippen LogP contribution in [0.15, 0.2) is 12.2 Å². The lowest BCUT2D eigenvalue weighted by Crippen LogP contribution is -1.90. The Balaban J connectivity index is 3.34. The molecule has 0 fully saturated rings. The van der Waals surface area contributed by atoms with E-state index in [9.17, 15) is 0 Å². The van der Waals surface area contributed by atoms with E-state index in [1.165, 1.54) is 5.57 Å². The molecule has 0 aromatic heterocycles. The average Bonchev–Trinajstić information content (AvgIpc) is 1.65. The second-order valence-electron chi connectivity index (χ2n) is 2.04. The first kappa shape index (κ1) is 6.74. The molecule has 0 aliphatic rings. The van der Waals surface area contributed by atoms with Gasteiger partial charge in [-0.3, -0.25) is 0 Å². The minimum atomic E-state index is 0.597. The molecule has 1 atom stereocenters. The van der Waals surface area contributed by atoms with E-state index in [4.69, 9.17) is 0 Å².